The number of hydrogen-bond donors (Lipinski definition) is 1. The first-order valence-electron chi connectivity index (χ1n) is 3.47. The fourth-order valence-corrected chi connectivity index (χ4v) is 1.13. The molecule has 1 aliphatic rings. The summed E-state index contributed by atoms with van der Waals surface area (Å²) in [5.74, 6) is 0. The molecule has 0 spiro atoms. The van der Waals surface area contributed by atoms with Gasteiger partial charge in [0.15, 0.2) is 6.29 Å². The summed E-state index contributed by atoms with van der Waals surface area (Å²) in [7, 11) is 1.61. The Bertz CT molecular complexity index is 136. The Morgan fingerprint density at radius 1 is 1.60 bits per heavy atom. The van der Waals surface area contributed by atoms with Gasteiger partial charge in [0.25, 0.3) is 0 Å². The van der Waals surface area contributed by atoms with Gasteiger partial charge >= 0.3 is 0 Å². The fourth-order valence-electron chi connectivity index (χ4n) is 1.13. The summed E-state index contributed by atoms with van der Waals surface area (Å²) in [4.78, 5) is 0. The van der Waals surface area contributed by atoms with Crippen LogP contribution in [0.1, 0.15) is 19.8 Å². The van der Waals surface area contributed by atoms with Crippen LogP contribution in [0.25, 0.3) is 0 Å². The number of nitrogens with one attached hydrogen (secondary N) is 1. The van der Waals surface area contributed by atoms with Crippen molar-refractivity contribution in [2.45, 2.75) is 32.2 Å². The van der Waals surface area contributed by atoms with Crippen molar-refractivity contribution in [1.82, 2.24) is 0 Å². The zero-order valence-corrected chi connectivity index (χ0v) is 6.39. The minimum atomic E-state index is -0.184. The molecule has 1 heterocycles. The summed E-state index contributed by atoms with van der Waals surface area (Å²) in [5.41, 5.74) is 0.727. The lowest BCUT2D eigenvalue weighted by Crippen LogP contribution is -2.31. The van der Waals surface area contributed by atoms with E-state index in [4.69, 9.17) is 14.9 Å². The first kappa shape index (κ1) is 7.69. The van der Waals surface area contributed by atoms with Gasteiger partial charge in [-0.05, 0) is 6.92 Å². The van der Waals surface area contributed by atoms with Crippen LogP contribution in [0.4, 0.5) is 0 Å². The molecule has 0 aromatic rings. The van der Waals surface area contributed by atoms with E-state index in [1.54, 1.807) is 7.11 Å². The van der Waals surface area contributed by atoms with Gasteiger partial charge in [-0.15, -0.1) is 0 Å². The molecule has 0 saturated carbocycles. The second kappa shape index (κ2) is 3.12. The van der Waals surface area contributed by atoms with E-state index in [2.05, 4.69) is 0 Å². The summed E-state index contributed by atoms with van der Waals surface area (Å²) < 4.78 is 10.3. The molecule has 0 bridgehead atoms. The lowest BCUT2D eigenvalue weighted by Gasteiger charge is -2.26. The molecule has 0 aliphatic carbocycles. The van der Waals surface area contributed by atoms with Crippen molar-refractivity contribution in [3.05, 3.63) is 0 Å². The molecule has 3 heteroatoms. The van der Waals surface area contributed by atoms with Crippen LogP contribution in [0.3, 0.4) is 0 Å². The molecule has 2 unspecified atom stereocenters. The maximum absolute atomic E-state index is 7.39. The van der Waals surface area contributed by atoms with Crippen molar-refractivity contribution in [3.63, 3.8) is 0 Å². The highest BCUT2D eigenvalue weighted by molar-refractivity contribution is 5.82. The Kier molecular flexibility index (Phi) is 2.40. The van der Waals surface area contributed by atoms with Crippen molar-refractivity contribution in [2.75, 3.05) is 7.11 Å². The third-order valence-electron chi connectivity index (χ3n) is 1.59. The Balaban J connectivity index is 2.42. The third kappa shape index (κ3) is 1.78. The molecule has 1 N–H and O–H groups in total. The Labute approximate surface area is 60.8 Å². The van der Waals surface area contributed by atoms with E-state index in [1.165, 1.54) is 0 Å². The van der Waals surface area contributed by atoms with Gasteiger partial charge in [0.05, 0.1) is 6.10 Å². The summed E-state index contributed by atoms with van der Waals surface area (Å²) >= 11 is 0. The lowest BCUT2D eigenvalue weighted by molar-refractivity contribution is -0.152. The van der Waals surface area contributed by atoms with Crippen LogP contribution in [0.15, 0.2) is 0 Å². The van der Waals surface area contributed by atoms with Gasteiger partial charge in [-0.1, -0.05) is 0 Å². The summed E-state index contributed by atoms with van der Waals surface area (Å²) in [6.45, 7) is 1.96. The molecular weight excluding hydrogens is 130 g/mol. The molecule has 1 fully saturated rings. The van der Waals surface area contributed by atoms with Crippen molar-refractivity contribution < 1.29 is 9.47 Å². The van der Waals surface area contributed by atoms with Crippen LogP contribution in [-0.2, 0) is 9.47 Å². The predicted octanol–water partition coefficient (Wildman–Crippen LogP) is 1.18. The summed E-state index contributed by atoms with van der Waals surface area (Å²) in [6.07, 6.45) is 1.34. The largest absolute Gasteiger partial charge is 0.355 e. The van der Waals surface area contributed by atoms with E-state index in [0.717, 1.165) is 12.1 Å². The molecule has 1 aliphatic heterocycles. The smallest absolute Gasteiger partial charge is 0.162 e. The average Bonchev–Trinajstić information content (AvgIpc) is 1.85. The molecule has 2 atom stereocenters. The maximum atomic E-state index is 7.39. The number of hydrogen-bond acceptors (Lipinski definition) is 3. The Morgan fingerprint density at radius 2 is 2.30 bits per heavy atom. The van der Waals surface area contributed by atoms with Crippen LogP contribution in [0.5, 0.6) is 0 Å². The lowest BCUT2D eigenvalue weighted by atomic mass is 10.1. The van der Waals surface area contributed by atoms with Gasteiger partial charge < -0.3 is 14.9 Å². The molecular formula is C7H13NO2. The molecule has 1 rings (SSSR count). The van der Waals surface area contributed by atoms with E-state index in [1.807, 2.05) is 6.92 Å². The van der Waals surface area contributed by atoms with E-state index in [-0.39, 0.29) is 12.4 Å². The molecule has 0 aromatic carbocycles. The minimum absolute atomic E-state index is 0.145. The van der Waals surface area contributed by atoms with Gasteiger partial charge in [-0.2, -0.15) is 0 Å². The summed E-state index contributed by atoms with van der Waals surface area (Å²) in [6, 6.07) is 0. The Morgan fingerprint density at radius 3 is 2.80 bits per heavy atom. The van der Waals surface area contributed by atoms with Crippen molar-refractivity contribution >= 4 is 5.71 Å². The van der Waals surface area contributed by atoms with Gasteiger partial charge in [-0.3, -0.25) is 0 Å². The SMILES string of the molecule is COC1CC(=N)CC(C)O1. The van der Waals surface area contributed by atoms with Gasteiger partial charge in [0, 0.05) is 25.7 Å². The van der Waals surface area contributed by atoms with Gasteiger partial charge in [0.2, 0.25) is 0 Å². The highest BCUT2D eigenvalue weighted by atomic mass is 16.7. The van der Waals surface area contributed by atoms with Crippen LogP contribution in [0, 0.1) is 5.41 Å². The predicted molar refractivity (Wildman–Crippen MR) is 38.3 cm³/mol. The number of ether oxygens (including phenoxy) is 2. The zero-order valence-electron chi connectivity index (χ0n) is 6.39. The van der Waals surface area contributed by atoms with Crippen LogP contribution >= 0.6 is 0 Å². The number of methoxy groups -OCH3 is 1. The van der Waals surface area contributed by atoms with E-state index < -0.39 is 0 Å². The Hall–Kier alpha value is -0.410. The van der Waals surface area contributed by atoms with Crippen molar-refractivity contribution in [1.29, 1.82) is 5.41 Å². The second-order valence-corrected chi connectivity index (χ2v) is 2.62. The van der Waals surface area contributed by atoms with E-state index in [9.17, 15) is 0 Å². The van der Waals surface area contributed by atoms with Crippen LogP contribution < -0.4 is 0 Å². The molecule has 10 heavy (non-hydrogen) atoms. The third-order valence-corrected chi connectivity index (χ3v) is 1.59. The molecule has 3 nitrogen and oxygen atoms in total. The quantitative estimate of drug-likeness (QED) is 0.598. The second-order valence-electron chi connectivity index (χ2n) is 2.62. The zero-order chi connectivity index (χ0) is 7.56. The molecule has 0 amide bonds. The maximum Gasteiger partial charge on any atom is 0.162 e. The van der Waals surface area contributed by atoms with Crippen molar-refractivity contribution in [2.24, 2.45) is 0 Å². The highest BCUT2D eigenvalue weighted by Gasteiger charge is 2.21. The minimum Gasteiger partial charge on any atom is -0.355 e. The molecule has 1 saturated heterocycles. The first-order valence-corrected chi connectivity index (χ1v) is 3.47. The first-order chi connectivity index (χ1) is 4.72. The van der Waals surface area contributed by atoms with Gasteiger partial charge in [0.1, 0.15) is 0 Å². The molecule has 58 valence electrons. The molecule has 0 radical (unpaired) electrons. The fraction of sp³-hybridized carbons (Fsp3) is 0.857. The topological polar surface area (TPSA) is 42.3 Å². The monoisotopic (exact) mass is 143 g/mol. The molecule has 0 aromatic heterocycles. The van der Waals surface area contributed by atoms with E-state index >= 15 is 0 Å². The highest BCUT2D eigenvalue weighted by Crippen LogP contribution is 2.15. The normalized spacial score (nSPS) is 34.4. The van der Waals surface area contributed by atoms with E-state index in [0.29, 0.717) is 6.42 Å². The summed E-state index contributed by atoms with van der Waals surface area (Å²) in [5, 5.41) is 7.39. The average molecular weight is 143 g/mol. The number of rotatable bonds is 1. The van der Waals surface area contributed by atoms with Crippen LogP contribution in [0.2, 0.25) is 0 Å². The van der Waals surface area contributed by atoms with Gasteiger partial charge in [-0.25, -0.2) is 0 Å². The standard InChI is InChI=1S/C7H13NO2/c1-5-3-6(8)4-7(9-2)10-5/h5,7-8H,3-4H2,1-2H3. The van der Waals surface area contributed by atoms with Crippen LogP contribution in [-0.4, -0.2) is 25.2 Å². The van der Waals surface area contributed by atoms with Crippen molar-refractivity contribution in [3.8, 4) is 0 Å².